The number of aryl methyl sites for hydroxylation is 2. The molecular formula is C12H14N4O3. The van der Waals surface area contributed by atoms with Crippen LogP contribution in [0, 0.1) is 20.8 Å². The average molecular weight is 262 g/mol. The van der Waals surface area contributed by atoms with Crippen molar-refractivity contribution >= 4 is 11.8 Å². The maximum absolute atomic E-state index is 11.3. The third-order valence-corrected chi connectivity index (χ3v) is 2.78. The summed E-state index contributed by atoms with van der Waals surface area (Å²) >= 11 is 0. The molecule has 0 aliphatic heterocycles. The van der Waals surface area contributed by atoms with E-state index in [0.717, 1.165) is 0 Å². The summed E-state index contributed by atoms with van der Waals surface area (Å²) in [7, 11) is 0. The van der Waals surface area contributed by atoms with Gasteiger partial charge >= 0.3 is 5.97 Å². The monoisotopic (exact) mass is 262 g/mol. The molecule has 0 radical (unpaired) electrons. The van der Waals surface area contributed by atoms with E-state index >= 15 is 0 Å². The van der Waals surface area contributed by atoms with E-state index in [1.807, 2.05) is 0 Å². The van der Waals surface area contributed by atoms with Gasteiger partial charge in [-0.05, 0) is 26.3 Å². The zero-order valence-corrected chi connectivity index (χ0v) is 10.9. The number of nitrogens with zero attached hydrogens (tertiary/aromatic N) is 3. The Morgan fingerprint density at radius 1 is 1.37 bits per heavy atom. The van der Waals surface area contributed by atoms with Crippen LogP contribution in [0.25, 0.3) is 0 Å². The predicted molar refractivity (Wildman–Crippen MR) is 67.0 cm³/mol. The highest BCUT2D eigenvalue weighted by Gasteiger charge is 2.17. The Bertz CT molecular complexity index is 621. The van der Waals surface area contributed by atoms with Crippen molar-refractivity contribution in [1.29, 1.82) is 0 Å². The molecule has 2 rings (SSSR count). The van der Waals surface area contributed by atoms with Gasteiger partial charge in [-0.15, -0.1) is 5.10 Å². The van der Waals surface area contributed by atoms with Crippen molar-refractivity contribution in [2.45, 2.75) is 27.3 Å². The Morgan fingerprint density at radius 3 is 2.68 bits per heavy atom. The molecule has 0 bridgehead atoms. The molecule has 7 nitrogen and oxygen atoms in total. The first kappa shape index (κ1) is 13.0. The standard InChI is InChI=1S/C12H14N4O3/c1-6-4-9(16-19-6)5-13-11-10(12(17)18)7(2)8(3)14-15-11/h4H,5H2,1-3H3,(H,13,15)(H,17,18). The molecule has 2 aromatic rings. The normalized spacial score (nSPS) is 10.5. The first-order valence-corrected chi connectivity index (χ1v) is 5.72. The van der Waals surface area contributed by atoms with Gasteiger partial charge in [0.25, 0.3) is 0 Å². The average Bonchev–Trinajstić information content (AvgIpc) is 2.76. The van der Waals surface area contributed by atoms with Gasteiger partial charge in [-0.1, -0.05) is 5.16 Å². The third kappa shape index (κ3) is 2.70. The number of hydrogen-bond donors (Lipinski definition) is 2. The van der Waals surface area contributed by atoms with Crippen molar-refractivity contribution in [3.05, 3.63) is 34.3 Å². The van der Waals surface area contributed by atoms with Crippen LogP contribution in [0.5, 0.6) is 0 Å². The number of hydrogen-bond acceptors (Lipinski definition) is 6. The van der Waals surface area contributed by atoms with E-state index in [4.69, 9.17) is 4.52 Å². The first-order chi connectivity index (χ1) is 8.99. The number of carbonyl (C=O) groups is 1. The quantitative estimate of drug-likeness (QED) is 0.864. The molecule has 2 aromatic heterocycles. The number of carboxylic acids is 1. The van der Waals surface area contributed by atoms with Crippen molar-refractivity contribution in [2.75, 3.05) is 5.32 Å². The van der Waals surface area contributed by atoms with Gasteiger partial charge in [0.2, 0.25) is 0 Å². The largest absolute Gasteiger partial charge is 0.478 e. The van der Waals surface area contributed by atoms with Crippen LogP contribution in [0.3, 0.4) is 0 Å². The molecule has 0 amide bonds. The second-order valence-corrected chi connectivity index (χ2v) is 4.22. The summed E-state index contributed by atoms with van der Waals surface area (Å²) in [5, 5.41) is 23.8. The van der Waals surface area contributed by atoms with Crippen molar-refractivity contribution < 1.29 is 14.4 Å². The number of carboxylic acid groups (broad SMARTS) is 1. The Morgan fingerprint density at radius 2 is 2.11 bits per heavy atom. The predicted octanol–water partition coefficient (Wildman–Crippen LogP) is 1.70. The molecule has 0 aliphatic carbocycles. The summed E-state index contributed by atoms with van der Waals surface area (Å²) in [6.45, 7) is 5.54. The zero-order chi connectivity index (χ0) is 14.0. The maximum Gasteiger partial charge on any atom is 0.339 e. The summed E-state index contributed by atoms with van der Waals surface area (Å²) < 4.78 is 4.93. The molecule has 0 aliphatic rings. The first-order valence-electron chi connectivity index (χ1n) is 5.72. The molecule has 2 N–H and O–H groups in total. The second-order valence-electron chi connectivity index (χ2n) is 4.22. The summed E-state index contributed by atoms with van der Waals surface area (Å²) in [6, 6.07) is 1.77. The van der Waals surface area contributed by atoms with Crippen LogP contribution in [0.4, 0.5) is 5.82 Å². The van der Waals surface area contributed by atoms with Crippen LogP contribution in [-0.4, -0.2) is 26.4 Å². The Balaban J connectivity index is 2.25. The van der Waals surface area contributed by atoms with Gasteiger partial charge in [0.1, 0.15) is 17.0 Å². The third-order valence-electron chi connectivity index (χ3n) is 2.78. The smallest absolute Gasteiger partial charge is 0.339 e. The molecule has 100 valence electrons. The van der Waals surface area contributed by atoms with Crippen LogP contribution in [0.15, 0.2) is 10.6 Å². The topological polar surface area (TPSA) is 101 Å². The lowest BCUT2D eigenvalue weighted by Gasteiger charge is -2.10. The molecule has 19 heavy (non-hydrogen) atoms. The van der Waals surface area contributed by atoms with Crippen LogP contribution in [-0.2, 0) is 6.54 Å². The molecule has 0 saturated carbocycles. The van der Waals surface area contributed by atoms with Crippen molar-refractivity contribution in [1.82, 2.24) is 15.4 Å². The fourth-order valence-electron chi connectivity index (χ4n) is 1.67. The van der Waals surface area contributed by atoms with Gasteiger partial charge in [0, 0.05) is 6.07 Å². The highest BCUT2D eigenvalue weighted by molar-refractivity contribution is 5.94. The minimum atomic E-state index is -1.03. The van der Waals surface area contributed by atoms with Crippen LogP contribution in [0.2, 0.25) is 0 Å². The lowest BCUT2D eigenvalue weighted by atomic mass is 10.1. The van der Waals surface area contributed by atoms with Crippen molar-refractivity contribution in [3.63, 3.8) is 0 Å². The van der Waals surface area contributed by atoms with Gasteiger partial charge in [0.05, 0.1) is 12.2 Å². The van der Waals surface area contributed by atoms with E-state index < -0.39 is 5.97 Å². The fraction of sp³-hybridized carbons (Fsp3) is 0.333. The molecule has 0 aromatic carbocycles. The maximum atomic E-state index is 11.3. The minimum absolute atomic E-state index is 0.132. The number of aromatic carboxylic acids is 1. The Hall–Kier alpha value is -2.44. The lowest BCUT2D eigenvalue weighted by Crippen LogP contribution is -2.13. The summed E-state index contributed by atoms with van der Waals surface area (Å²) in [5.74, 6) is -0.105. The molecule has 2 heterocycles. The summed E-state index contributed by atoms with van der Waals surface area (Å²) in [4.78, 5) is 11.3. The lowest BCUT2D eigenvalue weighted by molar-refractivity contribution is 0.0696. The number of nitrogens with one attached hydrogen (secondary N) is 1. The van der Waals surface area contributed by atoms with E-state index in [9.17, 15) is 9.90 Å². The van der Waals surface area contributed by atoms with E-state index in [-0.39, 0.29) is 11.4 Å². The van der Waals surface area contributed by atoms with Gasteiger partial charge < -0.3 is 14.9 Å². The fourth-order valence-corrected chi connectivity index (χ4v) is 1.67. The van der Waals surface area contributed by atoms with E-state index in [1.54, 1.807) is 26.8 Å². The number of aromatic nitrogens is 3. The van der Waals surface area contributed by atoms with Crippen LogP contribution >= 0.6 is 0 Å². The molecule has 0 atom stereocenters. The SMILES string of the molecule is Cc1cc(CNc2nnc(C)c(C)c2C(=O)O)no1. The van der Waals surface area contributed by atoms with Gasteiger partial charge in [-0.25, -0.2) is 4.79 Å². The Labute approximate surface area is 109 Å². The Kier molecular flexibility index (Phi) is 3.46. The zero-order valence-electron chi connectivity index (χ0n) is 10.9. The molecule has 0 spiro atoms. The summed E-state index contributed by atoms with van der Waals surface area (Å²) in [5.41, 5.74) is 2.00. The van der Waals surface area contributed by atoms with E-state index in [0.29, 0.717) is 29.3 Å². The van der Waals surface area contributed by atoms with Crippen LogP contribution < -0.4 is 5.32 Å². The molecular weight excluding hydrogens is 248 g/mol. The highest BCUT2D eigenvalue weighted by Crippen LogP contribution is 2.19. The van der Waals surface area contributed by atoms with Gasteiger partial charge in [0.15, 0.2) is 5.82 Å². The molecule has 0 saturated heterocycles. The van der Waals surface area contributed by atoms with Crippen molar-refractivity contribution in [3.8, 4) is 0 Å². The second kappa shape index (κ2) is 5.05. The van der Waals surface area contributed by atoms with Crippen LogP contribution in [0.1, 0.15) is 33.1 Å². The molecule has 0 fully saturated rings. The van der Waals surface area contributed by atoms with E-state index in [1.165, 1.54) is 0 Å². The molecule has 0 unspecified atom stereocenters. The highest BCUT2D eigenvalue weighted by atomic mass is 16.5. The number of anilines is 1. The van der Waals surface area contributed by atoms with Crippen molar-refractivity contribution in [2.24, 2.45) is 0 Å². The van der Waals surface area contributed by atoms with Gasteiger partial charge in [-0.2, -0.15) is 5.10 Å². The minimum Gasteiger partial charge on any atom is -0.478 e. The molecule has 7 heteroatoms. The summed E-state index contributed by atoms with van der Waals surface area (Å²) in [6.07, 6.45) is 0. The number of rotatable bonds is 4. The van der Waals surface area contributed by atoms with E-state index in [2.05, 4.69) is 20.7 Å². The van der Waals surface area contributed by atoms with Gasteiger partial charge in [-0.3, -0.25) is 0 Å².